The molecule has 0 spiro atoms. The molecule has 3 rings (SSSR count). The number of hydrogen-bond acceptors (Lipinski definition) is 3. The molecular weight excluding hydrogens is 264 g/mol. The van der Waals surface area contributed by atoms with Gasteiger partial charge in [-0.2, -0.15) is 0 Å². The van der Waals surface area contributed by atoms with Gasteiger partial charge in [-0.15, -0.1) is 0 Å². The number of benzene rings is 2. The fraction of sp³-hybridized carbons (Fsp3) is 0. The summed E-state index contributed by atoms with van der Waals surface area (Å²) in [5.74, 6) is -0.0973. The molecule has 0 atom stereocenters. The molecule has 0 bridgehead atoms. The molecule has 0 N–H and O–H groups in total. The van der Waals surface area contributed by atoms with E-state index in [1.165, 1.54) is 4.57 Å². The molecule has 1 heterocycles. The maximum Gasteiger partial charge on any atom is 0.446 e. The highest BCUT2D eigenvalue weighted by Gasteiger charge is 2.14. The van der Waals surface area contributed by atoms with Crippen molar-refractivity contribution in [2.24, 2.45) is 0 Å². The first kappa shape index (κ1) is 11.7. The molecule has 0 saturated carbocycles. The van der Waals surface area contributed by atoms with Crippen LogP contribution in [0.25, 0.3) is 17.1 Å². The first-order valence-corrected chi connectivity index (χ1v) is 6.03. The van der Waals surface area contributed by atoms with E-state index in [1.807, 2.05) is 36.4 Å². The van der Waals surface area contributed by atoms with Gasteiger partial charge in [-0.3, -0.25) is 4.52 Å². The molecule has 0 aliphatic heterocycles. The molecular formula is C14H9ClN2O2. The monoisotopic (exact) mass is 272 g/mol. The highest BCUT2D eigenvalue weighted by molar-refractivity contribution is 6.30. The van der Waals surface area contributed by atoms with Crippen molar-refractivity contribution in [2.75, 3.05) is 0 Å². The second kappa shape index (κ2) is 4.74. The Balaban J connectivity index is 2.22. The lowest BCUT2D eigenvalue weighted by molar-refractivity contribution is 0.383. The fourth-order valence-electron chi connectivity index (χ4n) is 1.86. The molecule has 94 valence electrons. The maximum atomic E-state index is 11.8. The molecule has 19 heavy (non-hydrogen) atoms. The average molecular weight is 273 g/mol. The predicted molar refractivity (Wildman–Crippen MR) is 72.5 cm³/mol. The van der Waals surface area contributed by atoms with Crippen molar-refractivity contribution < 1.29 is 4.52 Å². The fourth-order valence-corrected chi connectivity index (χ4v) is 2.05. The molecule has 0 amide bonds. The Morgan fingerprint density at radius 3 is 2.58 bits per heavy atom. The Labute approximate surface area is 113 Å². The van der Waals surface area contributed by atoms with Crippen molar-refractivity contribution in [3.8, 4) is 17.1 Å². The molecule has 4 nitrogen and oxygen atoms in total. The van der Waals surface area contributed by atoms with Gasteiger partial charge in [0.2, 0.25) is 0 Å². The molecule has 0 radical (unpaired) electrons. The molecule has 1 aromatic heterocycles. The van der Waals surface area contributed by atoms with Crippen LogP contribution in [0.5, 0.6) is 0 Å². The lowest BCUT2D eigenvalue weighted by Crippen LogP contribution is -2.12. The first-order valence-electron chi connectivity index (χ1n) is 5.66. The maximum absolute atomic E-state index is 11.8. The molecule has 0 aliphatic rings. The van der Waals surface area contributed by atoms with E-state index in [2.05, 4.69) is 5.16 Å². The molecule has 0 fully saturated rings. The van der Waals surface area contributed by atoms with E-state index in [0.717, 1.165) is 5.56 Å². The number of aromatic nitrogens is 2. The second-order valence-corrected chi connectivity index (χ2v) is 4.39. The van der Waals surface area contributed by atoms with Gasteiger partial charge in [0.1, 0.15) is 0 Å². The smallest absolute Gasteiger partial charge is 0.295 e. The van der Waals surface area contributed by atoms with Crippen molar-refractivity contribution in [1.82, 2.24) is 9.72 Å². The quantitative estimate of drug-likeness (QED) is 0.720. The van der Waals surface area contributed by atoms with Gasteiger partial charge >= 0.3 is 5.76 Å². The molecule has 0 aliphatic carbocycles. The predicted octanol–water partition coefficient (Wildman–Crippen LogP) is 3.15. The number of para-hydroxylation sites is 1. The van der Waals surface area contributed by atoms with Gasteiger partial charge in [0.05, 0.1) is 5.69 Å². The Bertz CT molecular complexity index is 762. The van der Waals surface area contributed by atoms with Crippen molar-refractivity contribution in [3.63, 3.8) is 0 Å². The zero-order chi connectivity index (χ0) is 13.2. The number of nitrogens with zero attached hydrogens (tertiary/aromatic N) is 2. The van der Waals surface area contributed by atoms with Crippen LogP contribution >= 0.6 is 11.6 Å². The summed E-state index contributed by atoms with van der Waals surface area (Å²) < 4.78 is 6.17. The summed E-state index contributed by atoms with van der Waals surface area (Å²) in [5, 5.41) is 4.40. The number of rotatable bonds is 2. The van der Waals surface area contributed by atoms with Crippen LogP contribution in [-0.4, -0.2) is 9.72 Å². The van der Waals surface area contributed by atoms with Gasteiger partial charge in [-0.25, -0.2) is 9.36 Å². The van der Waals surface area contributed by atoms with E-state index in [-0.39, 0.29) is 0 Å². The first-order chi connectivity index (χ1) is 9.25. The Morgan fingerprint density at radius 2 is 1.84 bits per heavy atom. The van der Waals surface area contributed by atoms with Crippen molar-refractivity contribution in [2.45, 2.75) is 0 Å². The zero-order valence-electron chi connectivity index (χ0n) is 9.79. The van der Waals surface area contributed by atoms with Crippen molar-refractivity contribution in [3.05, 3.63) is 70.2 Å². The SMILES string of the molecule is O=c1onc(-c2cccc(Cl)c2)n1-c1ccccc1. The van der Waals surface area contributed by atoms with Crippen LogP contribution in [0.1, 0.15) is 0 Å². The molecule has 0 saturated heterocycles. The third-order valence-corrected chi connectivity index (χ3v) is 2.94. The summed E-state index contributed by atoms with van der Waals surface area (Å²) in [6.07, 6.45) is 0. The largest absolute Gasteiger partial charge is 0.446 e. The lowest BCUT2D eigenvalue weighted by atomic mass is 10.2. The van der Waals surface area contributed by atoms with Gasteiger partial charge in [-0.1, -0.05) is 47.1 Å². The van der Waals surface area contributed by atoms with Gasteiger partial charge in [0.15, 0.2) is 5.82 Å². The van der Waals surface area contributed by atoms with E-state index >= 15 is 0 Å². The minimum absolute atomic E-state index is 0.429. The molecule has 2 aromatic carbocycles. The van der Waals surface area contributed by atoms with Crippen LogP contribution in [0.3, 0.4) is 0 Å². The van der Waals surface area contributed by atoms with Gasteiger partial charge < -0.3 is 0 Å². The van der Waals surface area contributed by atoms with E-state index in [4.69, 9.17) is 16.1 Å². The summed E-state index contributed by atoms with van der Waals surface area (Å²) in [4.78, 5) is 11.8. The highest BCUT2D eigenvalue weighted by atomic mass is 35.5. The van der Waals surface area contributed by atoms with Gasteiger partial charge in [0.25, 0.3) is 0 Å². The summed E-state index contributed by atoms with van der Waals surface area (Å²) in [6.45, 7) is 0. The minimum Gasteiger partial charge on any atom is -0.295 e. The van der Waals surface area contributed by atoms with E-state index in [0.29, 0.717) is 16.5 Å². The zero-order valence-corrected chi connectivity index (χ0v) is 10.5. The third kappa shape index (κ3) is 2.18. The van der Waals surface area contributed by atoms with E-state index in [1.54, 1.807) is 18.2 Å². The van der Waals surface area contributed by atoms with Crippen LogP contribution in [-0.2, 0) is 0 Å². The van der Waals surface area contributed by atoms with Crippen molar-refractivity contribution >= 4 is 11.6 Å². The molecule has 0 unspecified atom stereocenters. The average Bonchev–Trinajstić information content (AvgIpc) is 2.82. The highest BCUT2D eigenvalue weighted by Crippen LogP contribution is 2.22. The summed E-state index contributed by atoms with van der Waals surface area (Å²) in [7, 11) is 0. The minimum atomic E-state index is -0.527. The standard InChI is InChI=1S/C14H9ClN2O2/c15-11-6-4-5-10(9-11)13-16-19-14(18)17(13)12-7-2-1-3-8-12/h1-9H. The van der Waals surface area contributed by atoms with Gasteiger partial charge in [-0.05, 0) is 24.3 Å². The van der Waals surface area contributed by atoms with Crippen LogP contribution in [0.15, 0.2) is 63.9 Å². The normalized spacial score (nSPS) is 10.6. The number of halogens is 1. The van der Waals surface area contributed by atoms with Crippen LogP contribution in [0.4, 0.5) is 0 Å². The third-order valence-electron chi connectivity index (χ3n) is 2.70. The second-order valence-electron chi connectivity index (χ2n) is 3.95. The Hall–Kier alpha value is -2.33. The van der Waals surface area contributed by atoms with E-state index in [9.17, 15) is 4.79 Å². The topological polar surface area (TPSA) is 48.0 Å². The van der Waals surface area contributed by atoms with Gasteiger partial charge in [0, 0.05) is 10.6 Å². The molecule has 3 aromatic rings. The lowest BCUT2D eigenvalue weighted by Gasteiger charge is -2.04. The summed E-state index contributed by atoms with van der Waals surface area (Å²) in [6, 6.07) is 16.3. The number of hydrogen-bond donors (Lipinski definition) is 0. The van der Waals surface area contributed by atoms with E-state index < -0.39 is 5.76 Å². The van der Waals surface area contributed by atoms with Crippen LogP contribution in [0, 0.1) is 0 Å². The van der Waals surface area contributed by atoms with Crippen LogP contribution in [0.2, 0.25) is 5.02 Å². The summed E-state index contributed by atoms with van der Waals surface area (Å²) in [5.41, 5.74) is 1.42. The van der Waals surface area contributed by atoms with Crippen LogP contribution < -0.4 is 5.76 Å². The molecule has 5 heteroatoms. The summed E-state index contributed by atoms with van der Waals surface area (Å²) >= 11 is 5.95. The Kier molecular flexibility index (Phi) is 2.93. The van der Waals surface area contributed by atoms with Crippen molar-refractivity contribution in [1.29, 1.82) is 0 Å². The Morgan fingerprint density at radius 1 is 1.05 bits per heavy atom.